The molecule has 1 unspecified atom stereocenters. The lowest BCUT2D eigenvalue weighted by Gasteiger charge is -2.40. The number of anilines is 1. The van der Waals surface area contributed by atoms with Gasteiger partial charge in [-0.05, 0) is 62.4 Å². The number of hydrogen-bond acceptors (Lipinski definition) is 6. The fourth-order valence-electron chi connectivity index (χ4n) is 5.73. The van der Waals surface area contributed by atoms with Gasteiger partial charge in [-0.2, -0.15) is 0 Å². The summed E-state index contributed by atoms with van der Waals surface area (Å²) in [5, 5.41) is 0.227. The summed E-state index contributed by atoms with van der Waals surface area (Å²) in [5.74, 6) is -1.40. The Morgan fingerprint density at radius 1 is 1.05 bits per heavy atom. The van der Waals surface area contributed by atoms with E-state index in [0.717, 1.165) is 67.9 Å². The zero-order chi connectivity index (χ0) is 27.8. The topological polar surface area (TPSA) is 63.5 Å². The van der Waals surface area contributed by atoms with Crippen molar-refractivity contribution in [1.82, 2.24) is 19.4 Å². The van der Waals surface area contributed by atoms with E-state index in [-0.39, 0.29) is 22.9 Å². The number of halogens is 2. The van der Waals surface area contributed by atoms with Crippen LogP contribution in [0.3, 0.4) is 0 Å². The predicted molar refractivity (Wildman–Crippen MR) is 151 cm³/mol. The average molecular weight is 546 g/mol. The van der Waals surface area contributed by atoms with Gasteiger partial charge < -0.3 is 14.2 Å². The fourth-order valence-corrected chi connectivity index (χ4v) is 5.73. The Kier molecular flexibility index (Phi) is 7.23. The first-order valence-corrected chi connectivity index (χ1v) is 13.8. The molecule has 4 heterocycles. The van der Waals surface area contributed by atoms with Crippen LogP contribution in [0.25, 0.3) is 10.9 Å². The third kappa shape index (κ3) is 5.43. The Balaban J connectivity index is 1.37. The van der Waals surface area contributed by atoms with Crippen molar-refractivity contribution < 1.29 is 13.5 Å². The van der Waals surface area contributed by atoms with E-state index in [2.05, 4.69) is 25.8 Å². The van der Waals surface area contributed by atoms with Crippen molar-refractivity contribution in [2.24, 2.45) is 0 Å². The standard InChI is InChI=1S/C31H33F2N5O2/c1-20-5-6-24(15-35-20)36-11-3-4-25(19-36)37(16-21-9-10-34-30(12-21)40-2)17-22-18-38(23-7-8-23)29-14-28(33)27(32)13-26(29)31(22)39/h5-6,9-10,12-15,18,23,25H,3-4,7-8,11,16-17,19H2,1-2H3. The second-order valence-electron chi connectivity index (χ2n) is 10.9. The zero-order valence-corrected chi connectivity index (χ0v) is 22.8. The monoisotopic (exact) mass is 545 g/mol. The number of ether oxygens (including phenoxy) is 1. The molecule has 1 aliphatic heterocycles. The Morgan fingerprint density at radius 3 is 2.62 bits per heavy atom. The van der Waals surface area contributed by atoms with Gasteiger partial charge in [-0.25, -0.2) is 13.8 Å². The van der Waals surface area contributed by atoms with E-state index in [9.17, 15) is 13.6 Å². The summed E-state index contributed by atoms with van der Waals surface area (Å²) >= 11 is 0. The molecule has 208 valence electrons. The van der Waals surface area contributed by atoms with Gasteiger partial charge in [0.2, 0.25) is 5.88 Å². The molecule has 1 saturated heterocycles. The van der Waals surface area contributed by atoms with Crippen LogP contribution >= 0.6 is 0 Å². The number of piperidine rings is 1. The first-order chi connectivity index (χ1) is 19.4. The number of pyridine rings is 3. The first kappa shape index (κ1) is 26.4. The minimum absolute atomic E-state index is 0.156. The van der Waals surface area contributed by atoms with Crippen molar-refractivity contribution in [3.8, 4) is 5.88 Å². The van der Waals surface area contributed by atoms with Gasteiger partial charge in [0, 0.05) is 79.4 Å². The largest absolute Gasteiger partial charge is 0.481 e. The lowest BCUT2D eigenvalue weighted by atomic mass is 10.0. The highest BCUT2D eigenvalue weighted by Crippen LogP contribution is 2.37. The number of hydrogen-bond donors (Lipinski definition) is 0. The third-order valence-corrected chi connectivity index (χ3v) is 8.03. The van der Waals surface area contributed by atoms with Crippen LogP contribution in [0.2, 0.25) is 0 Å². The van der Waals surface area contributed by atoms with E-state index >= 15 is 0 Å². The van der Waals surface area contributed by atoms with Crippen LogP contribution < -0.4 is 15.1 Å². The summed E-state index contributed by atoms with van der Waals surface area (Å²) in [6.45, 7) is 4.68. The lowest BCUT2D eigenvalue weighted by Crippen LogP contribution is -2.48. The van der Waals surface area contributed by atoms with Crippen LogP contribution in [0.4, 0.5) is 14.5 Å². The van der Waals surface area contributed by atoms with Gasteiger partial charge in [-0.3, -0.25) is 14.7 Å². The van der Waals surface area contributed by atoms with Crippen molar-refractivity contribution in [3.63, 3.8) is 0 Å². The zero-order valence-electron chi connectivity index (χ0n) is 22.8. The van der Waals surface area contributed by atoms with Crippen molar-refractivity contribution >= 4 is 16.6 Å². The maximum Gasteiger partial charge on any atom is 0.213 e. The Hall–Kier alpha value is -3.85. The molecule has 2 fully saturated rings. The van der Waals surface area contributed by atoms with Crippen LogP contribution in [0.5, 0.6) is 5.88 Å². The predicted octanol–water partition coefficient (Wildman–Crippen LogP) is 5.39. The molecule has 2 aliphatic rings. The summed E-state index contributed by atoms with van der Waals surface area (Å²) in [6.07, 6.45) is 9.40. The number of benzene rings is 1. The second-order valence-corrected chi connectivity index (χ2v) is 10.9. The van der Waals surface area contributed by atoms with Gasteiger partial charge in [0.1, 0.15) is 0 Å². The SMILES string of the molecule is COc1cc(CN(Cc2cn(C3CC3)c3cc(F)c(F)cc3c2=O)C2CCCN(c3ccc(C)nc3)C2)ccn1. The summed E-state index contributed by atoms with van der Waals surface area (Å²) < 4.78 is 35.8. The second kappa shape index (κ2) is 11.0. The van der Waals surface area contributed by atoms with E-state index in [0.29, 0.717) is 30.0 Å². The quantitative estimate of drug-likeness (QED) is 0.296. The molecule has 0 amide bonds. The van der Waals surface area contributed by atoms with Crippen molar-refractivity contribution in [2.75, 3.05) is 25.1 Å². The molecule has 1 saturated carbocycles. The summed E-state index contributed by atoms with van der Waals surface area (Å²) in [7, 11) is 1.59. The highest BCUT2D eigenvalue weighted by molar-refractivity contribution is 5.80. The molecular weight excluding hydrogens is 512 g/mol. The van der Waals surface area contributed by atoms with Crippen LogP contribution in [0, 0.1) is 18.6 Å². The molecule has 1 atom stereocenters. The summed E-state index contributed by atoms with van der Waals surface area (Å²) in [6, 6.07) is 10.6. The molecule has 0 bridgehead atoms. The van der Waals surface area contributed by atoms with Crippen LogP contribution in [-0.2, 0) is 13.1 Å². The minimum Gasteiger partial charge on any atom is -0.481 e. The molecule has 1 aromatic carbocycles. The lowest BCUT2D eigenvalue weighted by molar-refractivity contribution is 0.158. The number of fused-ring (bicyclic) bond motifs is 1. The smallest absolute Gasteiger partial charge is 0.213 e. The molecule has 4 aromatic rings. The average Bonchev–Trinajstić information content (AvgIpc) is 3.81. The van der Waals surface area contributed by atoms with Gasteiger partial charge in [-0.15, -0.1) is 0 Å². The first-order valence-electron chi connectivity index (χ1n) is 13.8. The maximum absolute atomic E-state index is 14.3. The van der Waals surface area contributed by atoms with E-state index in [1.54, 1.807) is 13.3 Å². The molecule has 0 spiro atoms. The third-order valence-electron chi connectivity index (χ3n) is 8.03. The fraction of sp³-hybridized carbons (Fsp3) is 0.387. The molecule has 3 aromatic heterocycles. The number of methoxy groups -OCH3 is 1. The van der Waals surface area contributed by atoms with Crippen LogP contribution in [-0.4, -0.2) is 45.7 Å². The number of aryl methyl sites for hydroxylation is 1. The highest BCUT2D eigenvalue weighted by Gasteiger charge is 2.29. The van der Waals surface area contributed by atoms with Gasteiger partial charge in [0.15, 0.2) is 17.1 Å². The Labute approximate surface area is 232 Å². The van der Waals surface area contributed by atoms with Gasteiger partial charge in [0.25, 0.3) is 0 Å². The van der Waals surface area contributed by atoms with E-state index in [1.165, 1.54) is 0 Å². The van der Waals surface area contributed by atoms with Crippen LogP contribution in [0.1, 0.15) is 48.5 Å². The summed E-state index contributed by atoms with van der Waals surface area (Å²) in [5.41, 5.74) is 3.87. The molecule has 1 aliphatic carbocycles. The van der Waals surface area contributed by atoms with Crippen LogP contribution in [0.15, 0.2) is 59.8 Å². The molecule has 7 nitrogen and oxygen atoms in total. The molecule has 9 heteroatoms. The Bertz CT molecular complexity index is 1590. The number of aromatic nitrogens is 3. The molecule has 0 N–H and O–H groups in total. The molecule has 6 rings (SSSR count). The normalized spacial score (nSPS) is 17.5. The molecular formula is C31H33F2N5O2. The number of nitrogens with zero attached hydrogens (tertiary/aromatic N) is 5. The number of rotatable bonds is 8. The van der Waals surface area contributed by atoms with E-state index in [4.69, 9.17) is 4.74 Å². The van der Waals surface area contributed by atoms with Gasteiger partial charge in [-0.1, -0.05) is 0 Å². The van der Waals surface area contributed by atoms with Crippen molar-refractivity contribution in [3.05, 3.63) is 93.7 Å². The minimum atomic E-state index is -1.00. The van der Waals surface area contributed by atoms with Gasteiger partial charge in [0.05, 0.1) is 24.5 Å². The maximum atomic E-state index is 14.3. The van der Waals surface area contributed by atoms with Crippen molar-refractivity contribution in [1.29, 1.82) is 0 Å². The molecule has 40 heavy (non-hydrogen) atoms. The van der Waals surface area contributed by atoms with E-state index < -0.39 is 11.6 Å². The molecule has 0 radical (unpaired) electrons. The van der Waals surface area contributed by atoms with E-state index in [1.807, 2.05) is 42.1 Å². The Morgan fingerprint density at radius 2 is 1.88 bits per heavy atom. The van der Waals surface area contributed by atoms with Crippen molar-refractivity contribution in [2.45, 2.75) is 57.8 Å². The highest BCUT2D eigenvalue weighted by atomic mass is 19.2. The summed E-state index contributed by atoms with van der Waals surface area (Å²) in [4.78, 5) is 27.1. The van der Waals surface area contributed by atoms with Gasteiger partial charge >= 0.3 is 0 Å².